The van der Waals surface area contributed by atoms with Gasteiger partial charge < -0.3 is 26.0 Å². The van der Waals surface area contributed by atoms with Crippen LogP contribution < -0.4 is 16.4 Å². The normalized spacial score (nSPS) is 14.1. The van der Waals surface area contributed by atoms with E-state index in [2.05, 4.69) is 10.6 Å². The number of carbonyl (C=O) groups excluding carboxylic acids is 4. The van der Waals surface area contributed by atoms with Crippen LogP contribution in [0.2, 0.25) is 0 Å². The first kappa shape index (κ1) is 33.9. The van der Waals surface area contributed by atoms with Crippen molar-refractivity contribution in [2.24, 2.45) is 5.73 Å². The van der Waals surface area contributed by atoms with Crippen LogP contribution in [0.1, 0.15) is 110 Å². The zero-order valence-corrected chi connectivity index (χ0v) is 25.6. The van der Waals surface area contributed by atoms with Gasteiger partial charge in [-0.25, -0.2) is 4.79 Å². The van der Waals surface area contributed by atoms with Crippen LogP contribution in [0.4, 0.5) is 4.79 Å². The van der Waals surface area contributed by atoms with Crippen molar-refractivity contribution in [1.29, 1.82) is 0 Å². The minimum Gasteiger partial charge on any atom is -0.444 e. The maximum Gasteiger partial charge on any atom is 0.408 e. The molecule has 0 aliphatic rings. The van der Waals surface area contributed by atoms with Gasteiger partial charge in [-0.2, -0.15) is 0 Å². The Hall–Kier alpha value is -3.10. The van der Waals surface area contributed by atoms with Crippen molar-refractivity contribution in [2.75, 3.05) is 0 Å². The predicted octanol–water partition coefficient (Wildman–Crippen LogP) is 4.83. The molecule has 9 nitrogen and oxygen atoms in total. The van der Waals surface area contributed by atoms with E-state index in [0.717, 1.165) is 24.0 Å². The fourth-order valence-corrected chi connectivity index (χ4v) is 4.29. The number of hydrogen-bond donors (Lipinski definition) is 3. The summed E-state index contributed by atoms with van der Waals surface area (Å²) in [6.07, 6.45) is 1.28. The highest BCUT2D eigenvalue weighted by molar-refractivity contribution is 5.93. The van der Waals surface area contributed by atoms with Crippen LogP contribution in [0.5, 0.6) is 0 Å². The summed E-state index contributed by atoms with van der Waals surface area (Å²) in [5, 5.41) is 5.73. The second kappa shape index (κ2) is 14.3. The van der Waals surface area contributed by atoms with Gasteiger partial charge in [0.2, 0.25) is 17.7 Å². The van der Waals surface area contributed by atoms with Gasteiger partial charge in [-0.3, -0.25) is 14.4 Å². The summed E-state index contributed by atoms with van der Waals surface area (Å²) in [5.74, 6) is -1.40. The molecule has 0 aromatic heterocycles. The molecule has 0 fully saturated rings. The summed E-state index contributed by atoms with van der Waals surface area (Å²) in [6.45, 7) is 18.8. The Morgan fingerprint density at radius 3 is 2.08 bits per heavy atom. The fraction of sp³-hybridized carbons (Fsp3) is 0.667. The molecule has 1 aromatic rings. The smallest absolute Gasteiger partial charge is 0.408 e. The molecular weight excluding hydrogens is 496 g/mol. The number of alkyl carbamates (subject to hydrolysis) is 1. The van der Waals surface area contributed by atoms with E-state index in [9.17, 15) is 19.2 Å². The topological polar surface area (TPSA) is 131 Å². The zero-order chi connectivity index (χ0) is 30.1. The number of nitrogens with one attached hydrogen (secondary N) is 2. The minimum absolute atomic E-state index is 0.0305. The average molecular weight is 547 g/mol. The lowest BCUT2D eigenvalue weighted by Gasteiger charge is -2.45. The largest absolute Gasteiger partial charge is 0.444 e. The first-order chi connectivity index (χ1) is 17.9. The molecule has 0 aliphatic carbocycles. The number of nitrogens with two attached hydrogens (primary N) is 1. The van der Waals surface area contributed by atoms with E-state index in [1.54, 1.807) is 25.7 Å². The van der Waals surface area contributed by atoms with Crippen molar-refractivity contribution in [2.45, 2.75) is 131 Å². The molecule has 0 bridgehead atoms. The van der Waals surface area contributed by atoms with E-state index in [1.165, 1.54) is 0 Å². The van der Waals surface area contributed by atoms with Gasteiger partial charge in [-0.05, 0) is 91.3 Å². The predicted molar refractivity (Wildman–Crippen MR) is 154 cm³/mol. The molecule has 220 valence electrons. The lowest BCUT2D eigenvalue weighted by molar-refractivity contribution is -0.149. The van der Waals surface area contributed by atoms with Gasteiger partial charge in [-0.1, -0.05) is 38.5 Å². The summed E-state index contributed by atoms with van der Waals surface area (Å²) in [4.78, 5) is 54.3. The number of amides is 4. The summed E-state index contributed by atoms with van der Waals surface area (Å²) in [7, 11) is 0. The average Bonchev–Trinajstić information content (AvgIpc) is 2.80. The van der Waals surface area contributed by atoms with E-state index in [4.69, 9.17) is 10.5 Å². The molecule has 0 saturated heterocycles. The lowest BCUT2D eigenvalue weighted by Crippen LogP contribution is -2.59. The Morgan fingerprint density at radius 2 is 1.59 bits per heavy atom. The Balaban J connectivity index is 3.71. The van der Waals surface area contributed by atoms with Crippen molar-refractivity contribution in [3.05, 3.63) is 34.9 Å². The fourth-order valence-electron chi connectivity index (χ4n) is 4.29. The van der Waals surface area contributed by atoms with E-state index >= 15 is 0 Å². The number of ether oxygens (including phenoxy) is 1. The maximum absolute atomic E-state index is 14.4. The summed E-state index contributed by atoms with van der Waals surface area (Å²) in [5.41, 5.74) is 6.55. The number of aryl methyl sites for hydroxylation is 2. The van der Waals surface area contributed by atoms with Crippen molar-refractivity contribution < 1.29 is 23.9 Å². The van der Waals surface area contributed by atoms with Crippen LogP contribution >= 0.6 is 0 Å². The first-order valence-electron chi connectivity index (χ1n) is 13.9. The highest BCUT2D eigenvalue weighted by atomic mass is 16.6. The molecule has 3 unspecified atom stereocenters. The van der Waals surface area contributed by atoms with Gasteiger partial charge in [0.25, 0.3) is 0 Å². The summed E-state index contributed by atoms with van der Waals surface area (Å²) in [6, 6.07) is 3.53. The first-order valence-corrected chi connectivity index (χ1v) is 13.9. The molecular formula is C30H50N4O5. The number of rotatable bonds is 13. The number of hydrogen-bond acceptors (Lipinski definition) is 5. The van der Waals surface area contributed by atoms with Crippen LogP contribution in [-0.2, 0) is 19.1 Å². The van der Waals surface area contributed by atoms with Gasteiger partial charge in [0.05, 0.1) is 0 Å². The zero-order valence-electron chi connectivity index (χ0n) is 25.6. The highest BCUT2D eigenvalue weighted by Crippen LogP contribution is 2.33. The van der Waals surface area contributed by atoms with E-state index in [1.807, 2.05) is 66.7 Å². The molecule has 39 heavy (non-hydrogen) atoms. The quantitative estimate of drug-likeness (QED) is 0.326. The van der Waals surface area contributed by atoms with Crippen molar-refractivity contribution >= 4 is 23.8 Å². The van der Waals surface area contributed by atoms with Crippen molar-refractivity contribution in [1.82, 2.24) is 15.5 Å². The van der Waals surface area contributed by atoms with Gasteiger partial charge in [0.15, 0.2) is 0 Å². The van der Waals surface area contributed by atoms with Gasteiger partial charge >= 0.3 is 6.09 Å². The molecule has 1 aromatic carbocycles. The van der Waals surface area contributed by atoms with E-state index in [-0.39, 0.29) is 24.8 Å². The van der Waals surface area contributed by atoms with Crippen molar-refractivity contribution in [3.63, 3.8) is 0 Å². The lowest BCUT2D eigenvalue weighted by atomic mass is 9.90. The third-order valence-corrected chi connectivity index (χ3v) is 6.89. The molecule has 1 rings (SSSR count). The Kier molecular flexibility index (Phi) is 12.5. The third-order valence-electron chi connectivity index (χ3n) is 6.89. The van der Waals surface area contributed by atoms with Gasteiger partial charge in [0, 0.05) is 18.0 Å². The molecule has 3 atom stereocenters. The van der Waals surface area contributed by atoms with Crippen LogP contribution in [0, 0.1) is 13.8 Å². The molecule has 4 amide bonds. The van der Waals surface area contributed by atoms with Crippen molar-refractivity contribution in [3.8, 4) is 0 Å². The third kappa shape index (κ3) is 10.5. The Bertz CT molecular complexity index is 1020. The minimum atomic E-state index is -1.13. The van der Waals surface area contributed by atoms with E-state index in [0.29, 0.717) is 12.0 Å². The summed E-state index contributed by atoms with van der Waals surface area (Å²) >= 11 is 0. The van der Waals surface area contributed by atoms with Gasteiger partial charge in [0.1, 0.15) is 17.7 Å². The standard InChI is InChI=1S/C30H50N4O5/c1-11-13-21(5)32-26(36)25(22-15-14-19(3)20(4)18-22)34(30(9,10)12-2)27(37)23(16-17-24(31)35)33-28(38)39-29(6,7)8/h14-15,18,21,23,25H,11-13,16-17H2,1-10H3,(H2,31,35)(H,32,36)(H,33,38). The second-order valence-corrected chi connectivity index (χ2v) is 12.0. The summed E-state index contributed by atoms with van der Waals surface area (Å²) < 4.78 is 5.40. The van der Waals surface area contributed by atoms with Crippen LogP contribution in [0.25, 0.3) is 0 Å². The van der Waals surface area contributed by atoms with E-state index < -0.39 is 41.1 Å². The van der Waals surface area contributed by atoms with Crippen LogP contribution in [-0.4, -0.2) is 51.9 Å². The molecule has 0 heterocycles. The number of nitrogens with zero attached hydrogens (tertiary/aromatic N) is 1. The Labute approximate surface area is 234 Å². The van der Waals surface area contributed by atoms with Crippen LogP contribution in [0.3, 0.4) is 0 Å². The maximum atomic E-state index is 14.4. The molecule has 4 N–H and O–H groups in total. The molecule has 0 spiro atoms. The molecule has 0 aliphatic heterocycles. The number of carbonyl (C=O) groups is 4. The number of primary amides is 1. The molecule has 0 radical (unpaired) electrons. The Morgan fingerprint density at radius 1 is 0.974 bits per heavy atom. The molecule has 9 heteroatoms. The van der Waals surface area contributed by atoms with Gasteiger partial charge in [-0.15, -0.1) is 0 Å². The molecule has 0 saturated carbocycles. The highest BCUT2D eigenvalue weighted by Gasteiger charge is 2.43. The second-order valence-electron chi connectivity index (χ2n) is 12.0. The SMILES string of the molecule is CCCC(C)NC(=O)C(c1ccc(C)c(C)c1)N(C(=O)C(CCC(N)=O)NC(=O)OC(C)(C)C)C(C)(C)CC. The monoisotopic (exact) mass is 546 g/mol. The van der Waals surface area contributed by atoms with Crippen LogP contribution in [0.15, 0.2) is 18.2 Å². The number of benzene rings is 1.